The van der Waals surface area contributed by atoms with Crippen LogP contribution in [-0.2, 0) is 0 Å². The molecule has 0 saturated heterocycles. The number of rotatable bonds is 3. The van der Waals surface area contributed by atoms with E-state index >= 15 is 0 Å². The lowest BCUT2D eigenvalue weighted by Crippen LogP contribution is -2.11. The zero-order valence-electron chi connectivity index (χ0n) is 13.8. The van der Waals surface area contributed by atoms with Crippen LogP contribution in [0.2, 0.25) is 0 Å². The number of benzene rings is 2. The summed E-state index contributed by atoms with van der Waals surface area (Å²) in [7, 11) is 0. The van der Waals surface area contributed by atoms with Crippen molar-refractivity contribution < 1.29 is 0 Å². The molecule has 2 aromatic carbocycles. The van der Waals surface area contributed by atoms with Gasteiger partial charge in [-0.25, -0.2) is 0 Å². The standard InChI is InChI=1S/C22H14N2OS/c23-13-16-9-4-5-10-17(16)21-20(15-7-2-1-3-8-15)18(14-24-22(21)25)19-11-6-12-26-19/h1-12,14H,(H,24,25). The van der Waals surface area contributed by atoms with Crippen molar-refractivity contribution in [2.45, 2.75) is 0 Å². The summed E-state index contributed by atoms with van der Waals surface area (Å²) in [5.74, 6) is 0. The number of nitriles is 1. The van der Waals surface area contributed by atoms with Gasteiger partial charge in [0.2, 0.25) is 0 Å². The lowest BCUT2D eigenvalue weighted by atomic mass is 9.90. The Morgan fingerprint density at radius 2 is 1.62 bits per heavy atom. The Morgan fingerprint density at radius 3 is 2.35 bits per heavy atom. The normalized spacial score (nSPS) is 10.4. The summed E-state index contributed by atoms with van der Waals surface area (Å²) in [6.45, 7) is 0. The Hall–Kier alpha value is -3.42. The lowest BCUT2D eigenvalue weighted by Gasteiger charge is -2.15. The molecule has 124 valence electrons. The second kappa shape index (κ2) is 6.83. The van der Waals surface area contributed by atoms with Crippen LogP contribution in [0.3, 0.4) is 0 Å². The van der Waals surface area contributed by atoms with Crippen molar-refractivity contribution in [3.63, 3.8) is 0 Å². The minimum atomic E-state index is -0.202. The molecule has 26 heavy (non-hydrogen) atoms. The SMILES string of the molecule is N#Cc1ccccc1-c1c(-c2ccccc2)c(-c2cccs2)c[nH]c1=O. The van der Waals surface area contributed by atoms with Crippen LogP contribution < -0.4 is 5.56 Å². The van der Waals surface area contributed by atoms with E-state index in [1.165, 1.54) is 0 Å². The number of aromatic nitrogens is 1. The van der Waals surface area contributed by atoms with Gasteiger partial charge in [-0.1, -0.05) is 54.6 Å². The molecule has 0 fully saturated rings. The molecule has 2 heterocycles. The third-order valence-electron chi connectivity index (χ3n) is 4.26. The fourth-order valence-corrected chi connectivity index (χ4v) is 3.87. The molecule has 0 aliphatic heterocycles. The Morgan fingerprint density at radius 1 is 0.846 bits per heavy atom. The summed E-state index contributed by atoms with van der Waals surface area (Å²) < 4.78 is 0. The van der Waals surface area contributed by atoms with Crippen molar-refractivity contribution >= 4 is 11.3 Å². The molecule has 4 rings (SSSR count). The smallest absolute Gasteiger partial charge is 0.256 e. The molecule has 0 aliphatic rings. The van der Waals surface area contributed by atoms with Crippen LogP contribution in [0.15, 0.2) is 83.1 Å². The van der Waals surface area contributed by atoms with Crippen LogP contribution in [0.25, 0.3) is 32.7 Å². The number of hydrogen-bond donors (Lipinski definition) is 1. The second-order valence-electron chi connectivity index (χ2n) is 5.78. The Labute approximate surface area is 154 Å². The molecule has 0 amide bonds. The van der Waals surface area contributed by atoms with Crippen molar-refractivity contribution in [1.29, 1.82) is 5.26 Å². The fourth-order valence-electron chi connectivity index (χ4n) is 3.12. The summed E-state index contributed by atoms with van der Waals surface area (Å²) >= 11 is 1.62. The summed E-state index contributed by atoms with van der Waals surface area (Å²) in [6.07, 6.45) is 1.76. The third-order valence-corrected chi connectivity index (χ3v) is 5.16. The zero-order chi connectivity index (χ0) is 17.9. The quantitative estimate of drug-likeness (QED) is 0.542. The number of nitrogens with one attached hydrogen (secondary N) is 1. The highest BCUT2D eigenvalue weighted by atomic mass is 32.1. The van der Waals surface area contributed by atoms with E-state index in [4.69, 9.17) is 0 Å². The van der Waals surface area contributed by atoms with E-state index < -0.39 is 0 Å². The first kappa shape index (κ1) is 16.1. The van der Waals surface area contributed by atoms with Crippen molar-refractivity contribution in [1.82, 2.24) is 4.98 Å². The summed E-state index contributed by atoms with van der Waals surface area (Å²) in [6, 6.07) is 23.3. The van der Waals surface area contributed by atoms with Gasteiger partial charge in [0.15, 0.2) is 0 Å². The first-order valence-corrected chi connectivity index (χ1v) is 9.02. The van der Waals surface area contributed by atoms with E-state index in [9.17, 15) is 10.1 Å². The molecule has 0 spiro atoms. The average Bonchev–Trinajstić information content (AvgIpc) is 3.23. The Bertz CT molecular complexity index is 1150. The van der Waals surface area contributed by atoms with Gasteiger partial charge in [0, 0.05) is 27.8 Å². The van der Waals surface area contributed by atoms with Gasteiger partial charge in [-0.15, -0.1) is 11.3 Å². The molecule has 0 atom stereocenters. The second-order valence-corrected chi connectivity index (χ2v) is 6.73. The number of H-pyrrole nitrogens is 1. The molecule has 0 unspecified atom stereocenters. The largest absolute Gasteiger partial charge is 0.328 e. The van der Waals surface area contributed by atoms with Gasteiger partial charge in [-0.3, -0.25) is 4.79 Å². The maximum Gasteiger partial charge on any atom is 0.256 e. The average molecular weight is 354 g/mol. The van der Waals surface area contributed by atoms with Crippen LogP contribution in [0.4, 0.5) is 0 Å². The molecular formula is C22H14N2OS. The van der Waals surface area contributed by atoms with Crippen LogP contribution in [-0.4, -0.2) is 4.98 Å². The highest BCUT2D eigenvalue weighted by Gasteiger charge is 2.19. The fraction of sp³-hybridized carbons (Fsp3) is 0. The molecule has 1 N–H and O–H groups in total. The van der Waals surface area contributed by atoms with Gasteiger partial charge in [0.05, 0.1) is 17.2 Å². The van der Waals surface area contributed by atoms with Gasteiger partial charge in [0.25, 0.3) is 5.56 Å². The van der Waals surface area contributed by atoms with E-state index in [1.807, 2.05) is 66.0 Å². The highest BCUT2D eigenvalue weighted by molar-refractivity contribution is 7.13. The predicted molar refractivity (Wildman–Crippen MR) is 106 cm³/mol. The van der Waals surface area contributed by atoms with Crippen LogP contribution in [0.1, 0.15) is 5.56 Å². The topological polar surface area (TPSA) is 56.6 Å². The molecule has 4 heteroatoms. The van der Waals surface area contributed by atoms with E-state index in [-0.39, 0.29) is 5.56 Å². The number of pyridine rings is 1. The van der Waals surface area contributed by atoms with Gasteiger partial charge in [0.1, 0.15) is 0 Å². The summed E-state index contributed by atoms with van der Waals surface area (Å²) in [5, 5.41) is 11.5. The predicted octanol–water partition coefficient (Wildman–Crippen LogP) is 5.31. The summed E-state index contributed by atoms with van der Waals surface area (Å²) in [5.41, 5.74) is 4.20. The molecule has 0 saturated carbocycles. The molecular weight excluding hydrogens is 340 g/mol. The maximum atomic E-state index is 12.8. The first-order chi connectivity index (χ1) is 12.8. The highest BCUT2D eigenvalue weighted by Crippen LogP contribution is 2.39. The van der Waals surface area contributed by atoms with Gasteiger partial charge in [-0.2, -0.15) is 5.26 Å². The van der Waals surface area contributed by atoms with E-state index in [0.29, 0.717) is 16.7 Å². The zero-order valence-corrected chi connectivity index (χ0v) is 14.6. The molecule has 0 radical (unpaired) electrons. The first-order valence-electron chi connectivity index (χ1n) is 8.14. The van der Waals surface area contributed by atoms with Gasteiger partial charge in [-0.05, 0) is 23.1 Å². The molecule has 3 nitrogen and oxygen atoms in total. The number of hydrogen-bond acceptors (Lipinski definition) is 3. The maximum absolute atomic E-state index is 12.8. The van der Waals surface area contributed by atoms with E-state index in [2.05, 4.69) is 11.1 Å². The summed E-state index contributed by atoms with van der Waals surface area (Å²) in [4.78, 5) is 16.8. The molecule has 0 aliphatic carbocycles. The molecule has 0 bridgehead atoms. The van der Waals surface area contributed by atoms with Crippen molar-refractivity contribution in [2.75, 3.05) is 0 Å². The van der Waals surface area contributed by atoms with Crippen molar-refractivity contribution in [3.05, 3.63) is 94.2 Å². The van der Waals surface area contributed by atoms with Gasteiger partial charge >= 0.3 is 0 Å². The monoisotopic (exact) mass is 354 g/mol. The molecule has 4 aromatic rings. The van der Waals surface area contributed by atoms with E-state index in [1.54, 1.807) is 23.6 Å². The van der Waals surface area contributed by atoms with Crippen molar-refractivity contribution in [3.8, 4) is 38.8 Å². The minimum absolute atomic E-state index is 0.202. The Kier molecular flexibility index (Phi) is 4.22. The van der Waals surface area contributed by atoms with Crippen LogP contribution in [0, 0.1) is 11.3 Å². The number of thiophene rings is 1. The number of nitrogens with zero attached hydrogens (tertiary/aromatic N) is 1. The number of aromatic amines is 1. The minimum Gasteiger partial charge on any atom is -0.328 e. The Balaban J connectivity index is 2.14. The van der Waals surface area contributed by atoms with Gasteiger partial charge < -0.3 is 4.98 Å². The van der Waals surface area contributed by atoms with Crippen LogP contribution in [0.5, 0.6) is 0 Å². The van der Waals surface area contributed by atoms with E-state index in [0.717, 1.165) is 21.6 Å². The lowest BCUT2D eigenvalue weighted by molar-refractivity contribution is 1.24. The van der Waals surface area contributed by atoms with Crippen molar-refractivity contribution in [2.24, 2.45) is 0 Å². The van der Waals surface area contributed by atoms with Crippen LogP contribution >= 0.6 is 11.3 Å². The third kappa shape index (κ3) is 2.75. The molecule has 2 aromatic heterocycles.